The maximum Gasteiger partial charge on any atom is 0.317 e. The highest BCUT2D eigenvalue weighted by Gasteiger charge is 2.34. The lowest BCUT2D eigenvalue weighted by atomic mass is 9.83. The van der Waals surface area contributed by atoms with E-state index in [1.54, 1.807) is 9.80 Å². The van der Waals surface area contributed by atoms with Crippen molar-refractivity contribution in [3.05, 3.63) is 30.3 Å². The van der Waals surface area contributed by atoms with Crippen LogP contribution in [0.3, 0.4) is 0 Å². The first-order valence-corrected chi connectivity index (χ1v) is 10.3. The zero-order valence-electron chi connectivity index (χ0n) is 16.0. The highest BCUT2D eigenvalue weighted by molar-refractivity contribution is 5.97. The summed E-state index contributed by atoms with van der Waals surface area (Å²) in [6.07, 6.45) is 6.30. The standard InChI is InChI=1S/C21H30N4O2/c26-20-16-24(13-14-25(20)18-8-2-1-3-9-18)21(27)22-15-17-7-6-12-23-11-5-4-10-19(17)23/h1-3,8-9,17,19H,4-7,10-16H2,(H,22,27)/t17-,19+/m0/s1. The summed E-state index contributed by atoms with van der Waals surface area (Å²) in [6, 6.07) is 10.2. The molecule has 6 nitrogen and oxygen atoms in total. The first-order chi connectivity index (χ1) is 13.2. The van der Waals surface area contributed by atoms with Crippen molar-refractivity contribution in [1.82, 2.24) is 15.1 Å². The van der Waals surface area contributed by atoms with Gasteiger partial charge in [0.1, 0.15) is 6.54 Å². The molecule has 0 radical (unpaired) electrons. The molecule has 27 heavy (non-hydrogen) atoms. The molecule has 2 atom stereocenters. The number of carbonyl (C=O) groups is 2. The van der Waals surface area contributed by atoms with Crippen LogP contribution in [0.15, 0.2) is 30.3 Å². The van der Waals surface area contributed by atoms with Gasteiger partial charge in [-0.25, -0.2) is 4.79 Å². The second-order valence-corrected chi connectivity index (χ2v) is 7.99. The van der Waals surface area contributed by atoms with Gasteiger partial charge in [-0.1, -0.05) is 24.6 Å². The molecule has 3 amide bonds. The Morgan fingerprint density at radius 3 is 2.63 bits per heavy atom. The molecule has 0 unspecified atom stereocenters. The van der Waals surface area contributed by atoms with E-state index in [0.29, 0.717) is 25.0 Å². The van der Waals surface area contributed by atoms with Gasteiger partial charge >= 0.3 is 6.03 Å². The van der Waals surface area contributed by atoms with Gasteiger partial charge in [0, 0.05) is 31.4 Å². The smallest absolute Gasteiger partial charge is 0.317 e. The van der Waals surface area contributed by atoms with Crippen molar-refractivity contribution in [1.29, 1.82) is 0 Å². The second kappa shape index (κ2) is 8.30. The van der Waals surface area contributed by atoms with Gasteiger partial charge in [-0.05, 0) is 56.8 Å². The van der Waals surface area contributed by atoms with E-state index in [4.69, 9.17) is 0 Å². The van der Waals surface area contributed by atoms with E-state index in [0.717, 1.165) is 12.2 Å². The number of nitrogens with zero attached hydrogens (tertiary/aromatic N) is 3. The number of hydrogen-bond acceptors (Lipinski definition) is 3. The van der Waals surface area contributed by atoms with Crippen LogP contribution in [0.5, 0.6) is 0 Å². The number of fused-ring (bicyclic) bond motifs is 1. The largest absolute Gasteiger partial charge is 0.338 e. The van der Waals surface area contributed by atoms with Crippen LogP contribution in [0, 0.1) is 5.92 Å². The molecule has 1 aromatic carbocycles. The normalized spacial score (nSPS) is 26.6. The number of piperidine rings is 2. The van der Waals surface area contributed by atoms with E-state index in [1.807, 2.05) is 30.3 Å². The zero-order chi connectivity index (χ0) is 18.6. The number of benzene rings is 1. The zero-order valence-corrected chi connectivity index (χ0v) is 16.0. The molecule has 4 rings (SSSR count). The number of hydrogen-bond donors (Lipinski definition) is 1. The fourth-order valence-electron chi connectivity index (χ4n) is 4.87. The Balaban J connectivity index is 1.28. The average Bonchev–Trinajstić information content (AvgIpc) is 2.72. The minimum Gasteiger partial charge on any atom is -0.338 e. The number of nitrogens with one attached hydrogen (secondary N) is 1. The average molecular weight is 370 g/mol. The summed E-state index contributed by atoms with van der Waals surface area (Å²) in [5, 5.41) is 3.12. The highest BCUT2D eigenvalue weighted by Crippen LogP contribution is 2.30. The number of amides is 3. The van der Waals surface area contributed by atoms with Crippen molar-refractivity contribution in [2.45, 2.75) is 38.1 Å². The molecule has 3 aliphatic rings. The van der Waals surface area contributed by atoms with Crippen molar-refractivity contribution in [2.75, 3.05) is 44.2 Å². The summed E-state index contributed by atoms with van der Waals surface area (Å²) in [5.74, 6) is 0.531. The predicted molar refractivity (Wildman–Crippen MR) is 106 cm³/mol. The molecule has 0 spiro atoms. The first kappa shape index (κ1) is 18.3. The highest BCUT2D eigenvalue weighted by atomic mass is 16.2. The molecule has 3 saturated heterocycles. The van der Waals surface area contributed by atoms with Crippen LogP contribution in [0.4, 0.5) is 10.5 Å². The summed E-state index contributed by atoms with van der Waals surface area (Å²) in [6.45, 7) is 4.44. The third-order valence-corrected chi connectivity index (χ3v) is 6.32. The topological polar surface area (TPSA) is 55.9 Å². The maximum atomic E-state index is 12.6. The lowest BCUT2D eigenvalue weighted by Gasteiger charge is -2.44. The van der Waals surface area contributed by atoms with E-state index in [2.05, 4.69) is 10.2 Å². The molecule has 1 N–H and O–H groups in total. The summed E-state index contributed by atoms with van der Waals surface area (Å²) >= 11 is 0. The number of carbonyl (C=O) groups excluding carboxylic acids is 2. The summed E-state index contributed by atoms with van der Waals surface area (Å²) in [7, 11) is 0. The Bertz CT molecular complexity index is 663. The molecule has 0 aromatic heterocycles. The Morgan fingerprint density at radius 1 is 1.00 bits per heavy atom. The summed E-state index contributed by atoms with van der Waals surface area (Å²) in [5.41, 5.74) is 0.905. The maximum absolute atomic E-state index is 12.6. The third-order valence-electron chi connectivity index (χ3n) is 6.32. The SMILES string of the molecule is O=C(NC[C@@H]1CCCN2CCCC[C@H]12)N1CCN(c2ccccc2)C(=O)C1. The predicted octanol–water partition coefficient (Wildman–Crippen LogP) is 2.31. The minimum atomic E-state index is -0.0935. The molecule has 3 fully saturated rings. The van der Waals surface area contributed by atoms with Gasteiger partial charge in [0.2, 0.25) is 5.91 Å². The lowest BCUT2D eigenvalue weighted by Crippen LogP contribution is -2.56. The lowest BCUT2D eigenvalue weighted by molar-refractivity contribution is -0.120. The number of para-hydroxylation sites is 1. The van der Waals surface area contributed by atoms with Crippen LogP contribution in [-0.2, 0) is 4.79 Å². The van der Waals surface area contributed by atoms with Crippen molar-refractivity contribution in [3.63, 3.8) is 0 Å². The van der Waals surface area contributed by atoms with Crippen molar-refractivity contribution >= 4 is 17.6 Å². The Morgan fingerprint density at radius 2 is 1.81 bits per heavy atom. The fourth-order valence-corrected chi connectivity index (χ4v) is 4.87. The number of anilines is 1. The van der Waals surface area contributed by atoms with E-state index in [-0.39, 0.29) is 18.5 Å². The van der Waals surface area contributed by atoms with Gasteiger partial charge in [0.05, 0.1) is 0 Å². The van der Waals surface area contributed by atoms with Crippen molar-refractivity contribution < 1.29 is 9.59 Å². The molecule has 6 heteroatoms. The minimum absolute atomic E-state index is 0.0151. The Hall–Kier alpha value is -2.08. The molecular formula is C21H30N4O2. The van der Waals surface area contributed by atoms with Crippen LogP contribution in [0.25, 0.3) is 0 Å². The van der Waals surface area contributed by atoms with E-state index < -0.39 is 0 Å². The Kier molecular flexibility index (Phi) is 5.62. The van der Waals surface area contributed by atoms with Gasteiger partial charge in [0.15, 0.2) is 0 Å². The summed E-state index contributed by atoms with van der Waals surface area (Å²) < 4.78 is 0. The molecule has 0 bridgehead atoms. The number of rotatable bonds is 3. The van der Waals surface area contributed by atoms with Gasteiger partial charge in [-0.3, -0.25) is 4.79 Å². The molecule has 1 aromatic rings. The van der Waals surface area contributed by atoms with E-state index in [1.165, 1.54) is 45.2 Å². The van der Waals surface area contributed by atoms with Crippen molar-refractivity contribution in [2.24, 2.45) is 5.92 Å². The second-order valence-electron chi connectivity index (χ2n) is 7.99. The van der Waals surface area contributed by atoms with Crippen LogP contribution in [-0.4, -0.2) is 67.0 Å². The monoisotopic (exact) mass is 370 g/mol. The molecule has 0 aliphatic carbocycles. The summed E-state index contributed by atoms with van der Waals surface area (Å²) in [4.78, 5) is 31.2. The van der Waals surface area contributed by atoms with Crippen molar-refractivity contribution in [3.8, 4) is 0 Å². The van der Waals surface area contributed by atoms with Gasteiger partial charge < -0.3 is 20.0 Å². The Labute approximate surface area is 161 Å². The molecule has 3 aliphatic heterocycles. The third kappa shape index (κ3) is 4.10. The number of urea groups is 1. The quantitative estimate of drug-likeness (QED) is 0.888. The molecule has 0 saturated carbocycles. The molecular weight excluding hydrogens is 340 g/mol. The number of piperazine rings is 1. The van der Waals surface area contributed by atoms with Crippen LogP contribution in [0.1, 0.15) is 32.1 Å². The van der Waals surface area contributed by atoms with E-state index >= 15 is 0 Å². The van der Waals surface area contributed by atoms with Gasteiger partial charge in [0.25, 0.3) is 0 Å². The van der Waals surface area contributed by atoms with Crippen LogP contribution < -0.4 is 10.2 Å². The van der Waals surface area contributed by atoms with E-state index in [9.17, 15) is 9.59 Å². The fraction of sp³-hybridized carbons (Fsp3) is 0.619. The van der Waals surface area contributed by atoms with Crippen LogP contribution >= 0.6 is 0 Å². The van der Waals surface area contributed by atoms with Gasteiger partial charge in [-0.2, -0.15) is 0 Å². The van der Waals surface area contributed by atoms with Gasteiger partial charge in [-0.15, -0.1) is 0 Å². The first-order valence-electron chi connectivity index (χ1n) is 10.3. The molecule has 3 heterocycles. The molecule has 146 valence electrons. The van der Waals surface area contributed by atoms with Crippen LogP contribution in [0.2, 0.25) is 0 Å².